The predicted molar refractivity (Wildman–Crippen MR) is 121 cm³/mol. The number of carbonyl (C=O) groups excluding carboxylic acids is 2. The van der Waals surface area contributed by atoms with Crippen LogP contribution >= 0.6 is 11.3 Å². The van der Waals surface area contributed by atoms with Crippen molar-refractivity contribution in [2.45, 2.75) is 6.42 Å². The lowest BCUT2D eigenvalue weighted by atomic mass is 10.2. The third kappa shape index (κ3) is 4.80. The van der Waals surface area contributed by atoms with E-state index in [-0.39, 0.29) is 12.2 Å². The lowest BCUT2D eigenvalue weighted by Crippen LogP contribution is -2.42. The van der Waals surface area contributed by atoms with E-state index >= 15 is 0 Å². The Bertz CT molecular complexity index is 1340. The van der Waals surface area contributed by atoms with E-state index in [1.54, 1.807) is 24.6 Å². The van der Waals surface area contributed by atoms with Gasteiger partial charge in [-0.3, -0.25) is 23.5 Å². The smallest absolute Gasteiger partial charge is 0.332 e. The Morgan fingerprint density at radius 2 is 1.79 bits per heavy atom. The fraction of sp³-hybridized carbons (Fsp3) is 0.286. The molecule has 11 nitrogen and oxygen atoms in total. The quantitative estimate of drug-likeness (QED) is 0.370. The number of hydrogen-bond acceptors (Lipinski definition) is 10. The average molecular weight is 474 g/mol. The van der Waals surface area contributed by atoms with Crippen molar-refractivity contribution in [3.63, 3.8) is 0 Å². The number of thiazole rings is 1. The number of rotatable bonds is 8. The summed E-state index contributed by atoms with van der Waals surface area (Å²) in [7, 11) is 5.63. The second kappa shape index (κ2) is 9.69. The molecule has 2 N–H and O–H groups in total. The van der Waals surface area contributed by atoms with Gasteiger partial charge in [-0.15, -0.1) is 11.3 Å². The van der Waals surface area contributed by atoms with Gasteiger partial charge < -0.3 is 19.9 Å². The Labute approximate surface area is 192 Å². The van der Waals surface area contributed by atoms with Crippen LogP contribution in [0.4, 0.5) is 5.82 Å². The molecule has 2 heterocycles. The number of nitrogen functional groups attached to an aromatic ring is 1. The predicted octanol–water partition coefficient (Wildman–Crippen LogP) is 0.776. The first-order valence-corrected chi connectivity index (χ1v) is 10.5. The topological polar surface area (TPSA) is 145 Å². The average Bonchev–Trinajstić information content (AvgIpc) is 3.28. The molecule has 174 valence electrons. The number of aromatic nitrogens is 3. The normalized spacial score (nSPS) is 10.7. The summed E-state index contributed by atoms with van der Waals surface area (Å²) in [6, 6.07) is 5.35. The number of methoxy groups -OCH3 is 2. The highest BCUT2D eigenvalue weighted by molar-refractivity contribution is 7.13. The number of carbonyl (C=O) groups is 2. The molecule has 0 aliphatic rings. The van der Waals surface area contributed by atoms with Crippen LogP contribution in [0.3, 0.4) is 0 Å². The fourth-order valence-corrected chi connectivity index (χ4v) is 3.85. The van der Waals surface area contributed by atoms with Crippen molar-refractivity contribution >= 4 is 28.9 Å². The molecule has 0 aliphatic heterocycles. The van der Waals surface area contributed by atoms with Gasteiger partial charge in [-0.1, -0.05) is 0 Å². The van der Waals surface area contributed by atoms with Crippen molar-refractivity contribution in [1.82, 2.24) is 14.1 Å². The first-order chi connectivity index (χ1) is 15.7. The molecule has 3 aromatic rings. The van der Waals surface area contributed by atoms with Crippen LogP contribution in [0.15, 0.2) is 33.2 Å². The first-order valence-electron chi connectivity index (χ1n) is 9.59. The number of anilines is 1. The summed E-state index contributed by atoms with van der Waals surface area (Å²) >= 11 is 1.33. The number of nitrogens with two attached hydrogens (primary N) is 1. The van der Waals surface area contributed by atoms with Crippen LogP contribution in [-0.4, -0.2) is 46.7 Å². The fourth-order valence-electron chi connectivity index (χ4n) is 3.03. The summed E-state index contributed by atoms with van der Waals surface area (Å²) in [6.45, 7) is -0.691. The van der Waals surface area contributed by atoms with E-state index in [0.717, 1.165) is 14.7 Å². The summed E-state index contributed by atoms with van der Waals surface area (Å²) in [5.41, 5.74) is 5.06. The van der Waals surface area contributed by atoms with Crippen molar-refractivity contribution in [2.24, 2.45) is 14.1 Å². The zero-order valence-electron chi connectivity index (χ0n) is 18.4. The highest BCUT2D eigenvalue weighted by Crippen LogP contribution is 2.33. The Hall–Kier alpha value is -3.93. The van der Waals surface area contributed by atoms with Crippen LogP contribution in [0.5, 0.6) is 11.5 Å². The Kier molecular flexibility index (Phi) is 6.97. The largest absolute Gasteiger partial charge is 0.493 e. The SMILES string of the molecule is COc1ccc(-c2nc(CC(=O)OCC(=O)c3c(N)n(C)c(=O)n(C)c3=O)cs2)cc1OC. The summed E-state index contributed by atoms with van der Waals surface area (Å²) in [5.74, 6) is -0.661. The van der Waals surface area contributed by atoms with Crippen molar-refractivity contribution in [1.29, 1.82) is 0 Å². The lowest BCUT2D eigenvalue weighted by molar-refractivity contribution is -0.141. The van der Waals surface area contributed by atoms with Gasteiger partial charge in [0.05, 0.1) is 26.3 Å². The van der Waals surface area contributed by atoms with Gasteiger partial charge in [0.25, 0.3) is 5.56 Å². The summed E-state index contributed by atoms with van der Waals surface area (Å²) in [5, 5.41) is 2.37. The van der Waals surface area contributed by atoms with E-state index in [2.05, 4.69) is 4.98 Å². The van der Waals surface area contributed by atoms with Crippen LogP contribution in [0.2, 0.25) is 0 Å². The molecule has 0 amide bonds. The number of ketones is 1. The number of nitrogens with zero attached hydrogens (tertiary/aromatic N) is 3. The van der Waals surface area contributed by atoms with Crippen molar-refractivity contribution in [3.05, 3.63) is 55.7 Å². The minimum Gasteiger partial charge on any atom is -0.493 e. The second-order valence-electron chi connectivity index (χ2n) is 6.94. The molecule has 0 saturated carbocycles. The van der Waals surface area contributed by atoms with E-state index in [9.17, 15) is 19.2 Å². The van der Waals surface area contributed by atoms with Crippen molar-refractivity contribution in [2.75, 3.05) is 26.6 Å². The van der Waals surface area contributed by atoms with Crippen LogP contribution in [0.1, 0.15) is 16.1 Å². The maximum atomic E-state index is 12.4. The summed E-state index contributed by atoms with van der Waals surface area (Å²) in [6.07, 6.45) is -0.169. The number of hydrogen-bond donors (Lipinski definition) is 1. The van der Waals surface area contributed by atoms with Gasteiger partial charge in [0.2, 0.25) is 5.78 Å². The molecule has 33 heavy (non-hydrogen) atoms. The maximum Gasteiger partial charge on any atom is 0.332 e. The van der Waals surface area contributed by atoms with Crippen LogP contribution in [-0.2, 0) is 30.0 Å². The highest BCUT2D eigenvalue weighted by Gasteiger charge is 2.22. The molecule has 0 bridgehead atoms. The van der Waals surface area contributed by atoms with E-state index < -0.39 is 35.2 Å². The molecule has 0 fully saturated rings. The standard InChI is InChI=1S/C21H22N4O7S/c1-24-18(22)17(20(28)25(2)21(24)29)13(26)9-32-16(27)8-12-10-33-19(23-12)11-5-6-14(30-3)15(7-11)31-4/h5-7,10H,8-9,22H2,1-4H3. The van der Waals surface area contributed by atoms with Gasteiger partial charge >= 0.3 is 11.7 Å². The molecule has 2 aromatic heterocycles. The first kappa shape index (κ1) is 23.7. The minimum absolute atomic E-state index is 0.169. The zero-order chi connectivity index (χ0) is 24.3. The van der Waals surface area contributed by atoms with Gasteiger partial charge in [-0.05, 0) is 18.2 Å². The van der Waals surface area contributed by atoms with Gasteiger partial charge in [0.15, 0.2) is 18.1 Å². The summed E-state index contributed by atoms with van der Waals surface area (Å²) in [4.78, 5) is 53.2. The second-order valence-corrected chi connectivity index (χ2v) is 7.80. The van der Waals surface area contributed by atoms with Crippen LogP contribution < -0.4 is 26.5 Å². The van der Waals surface area contributed by atoms with Crippen LogP contribution in [0, 0.1) is 0 Å². The van der Waals surface area contributed by atoms with Crippen molar-refractivity contribution < 1.29 is 23.8 Å². The number of esters is 1. The third-order valence-corrected chi connectivity index (χ3v) is 5.80. The van der Waals surface area contributed by atoms with Gasteiger partial charge in [-0.25, -0.2) is 9.78 Å². The Morgan fingerprint density at radius 1 is 1.09 bits per heavy atom. The molecule has 12 heteroatoms. The van der Waals surface area contributed by atoms with E-state index in [0.29, 0.717) is 22.2 Å². The van der Waals surface area contributed by atoms with Gasteiger partial charge in [-0.2, -0.15) is 0 Å². The van der Waals surface area contributed by atoms with Gasteiger partial charge in [0.1, 0.15) is 16.4 Å². The van der Waals surface area contributed by atoms with Crippen LogP contribution in [0.25, 0.3) is 10.6 Å². The molecule has 0 saturated heterocycles. The van der Waals surface area contributed by atoms with E-state index in [4.69, 9.17) is 19.9 Å². The third-order valence-electron chi connectivity index (χ3n) is 4.86. The molecule has 0 aliphatic carbocycles. The number of Topliss-reactive ketones (excluding diaryl/α,β-unsaturated/α-hetero) is 1. The molecular weight excluding hydrogens is 452 g/mol. The molecule has 0 unspecified atom stereocenters. The van der Waals surface area contributed by atoms with E-state index in [1.165, 1.54) is 32.5 Å². The molecular formula is C21H22N4O7S. The number of benzene rings is 1. The Morgan fingerprint density at radius 3 is 2.45 bits per heavy atom. The highest BCUT2D eigenvalue weighted by atomic mass is 32.1. The minimum atomic E-state index is -0.851. The maximum absolute atomic E-state index is 12.4. The zero-order valence-corrected chi connectivity index (χ0v) is 19.2. The summed E-state index contributed by atoms with van der Waals surface area (Å²) < 4.78 is 17.3. The Balaban J connectivity index is 1.67. The number of ether oxygens (including phenoxy) is 3. The molecule has 0 spiro atoms. The molecule has 1 aromatic carbocycles. The molecule has 3 rings (SSSR count). The lowest BCUT2D eigenvalue weighted by Gasteiger charge is -2.10. The van der Waals surface area contributed by atoms with E-state index in [1.807, 2.05) is 6.07 Å². The molecule has 0 atom stereocenters. The molecule has 0 radical (unpaired) electrons. The van der Waals surface area contributed by atoms with Gasteiger partial charge in [0, 0.05) is 25.0 Å². The van der Waals surface area contributed by atoms with Crippen molar-refractivity contribution in [3.8, 4) is 22.1 Å². The monoisotopic (exact) mass is 474 g/mol.